The molecule has 0 radical (unpaired) electrons. The van der Waals surface area contributed by atoms with Crippen LogP contribution in [0.3, 0.4) is 0 Å². The van der Waals surface area contributed by atoms with Crippen molar-refractivity contribution in [3.8, 4) is 0 Å². The lowest BCUT2D eigenvalue weighted by Gasteiger charge is -2.30. The summed E-state index contributed by atoms with van der Waals surface area (Å²) in [5.74, 6) is 0.490. The third-order valence-electron chi connectivity index (χ3n) is 6.12. The Morgan fingerprint density at radius 2 is 2.04 bits per heavy atom. The third kappa shape index (κ3) is 3.10. The Hall–Kier alpha value is -2.41. The summed E-state index contributed by atoms with van der Waals surface area (Å²) in [5, 5.41) is 3.79. The Morgan fingerprint density at radius 1 is 1.19 bits per heavy atom. The zero-order chi connectivity index (χ0) is 18.4. The second-order valence-electron chi connectivity index (χ2n) is 8.03. The van der Waals surface area contributed by atoms with Gasteiger partial charge in [0.25, 0.3) is 11.8 Å². The summed E-state index contributed by atoms with van der Waals surface area (Å²) in [6.45, 7) is 4.77. The molecule has 2 amide bonds. The molecular formula is C20H24N4O3. The summed E-state index contributed by atoms with van der Waals surface area (Å²) in [6.07, 6.45) is 7.37. The second kappa shape index (κ2) is 6.64. The highest BCUT2D eigenvalue weighted by molar-refractivity contribution is 6.07. The Kier molecular flexibility index (Phi) is 4.11. The van der Waals surface area contributed by atoms with Crippen LogP contribution in [-0.4, -0.2) is 65.4 Å². The SMILES string of the molecule is O=C(NC1CC2CCN(C2)C1)c1cc2c(C(=O)N3CCCC3)coc2cn1. The van der Waals surface area contributed by atoms with Crippen molar-refractivity contribution in [2.24, 2.45) is 5.92 Å². The van der Waals surface area contributed by atoms with Gasteiger partial charge in [0.15, 0.2) is 5.58 Å². The summed E-state index contributed by atoms with van der Waals surface area (Å²) in [7, 11) is 0. The van der Waals surface area contributed by atoms with Gasteiger partial charge < -0.3 is 19.5 Å². The van der Waals surface area contributed by atoms with Gasteiger partial charge in [0, 0.05) is 37.6 Å². The number of furan rings is 1. The van der Waals surface area contributed by atoms with Crippen LogP contribution in [0.5, 0.6) is 0 Å². The van der Waals surface area contributed by atoms with Crippen LogP contribution in [0.25, 0.3) is 11.0 Å². The molecule has 5 heterocycles. The molecule has 2 aromatic heterocycles. The number of piperidine rings is 1. The van der Waals surface area contributed by atoms with Crippen LogP contribution in [0.15, 0.2) is 22.9 Å². The van der Waals surface area contributed by atoms with E-state index in [0.717, 1.165) is 52.0 Å². The van der Waals surface area contributed by atoms with E-state index in [9.17, 15) is 9.59 Å². The molecule has 3 unspecified atom stereocenters. The number of aromatic nitrogens is 1. The van der Waals surface area contributed by atoms with Gasteiger partial charge in [-0.3, -0.25) is 9.59 Å². The second-order valence-corrected chi connectivity index (χ2v) is 8.03. The molecule has 0 saturated carbocycles. The normalized spacial score (nSPS) is 27.3. The number of nitrogens with one attached hydrogen (secondary N) is 1. The molecule has 5 rings (SSSR count). The molecule has 2 aromatic rings. The van der Waals surface area contributed by atoms with Crippen molar-refractivity contribution in [1.82, 2.24) is 20.1 Å². The van der Waals surface area contributed by atoms with Crippen LogP contribution in [0, 0.1) is 5.92 Å². The molecule has 0 aliphatic carbocycles. The van der Waals surface area contributed by atoms with Crippen molar-refractivity contribution < 1.29 is 14.0 Å². The molecule has 3 aliphatic rings. The lowest BCUT2D eigenvalue weighted by Crippen LogP contribution is -2.47. The van der Waals surface area contributed by atoms with Crippen molar-refractivity contribution in [1.29, 1.82) is 0 Å². The van der Waals surface area contributed by atoms with Crippen molar-refractivity contribution in [2.75, 3.05) is 32.7 Å². The van der Waals surface area contributed by atoms with Crippen LogP contribution < -0.4 is 5.32 Å². The van der Waals surface area contributed by atoms with Gasteiger partial charge in [-0.2, -0.15) is 0 Å². The summed E-state index contributed by atoms with van der Waals surface area (Å²) >= 11 is 0. The summed E-state index contributed by atoms with van der Waals surface area (Å²) in [4.78, 5) is 34.0. The van der Waals surface area contributed by atoms with E-state index < -0.39 is 0 Å². The number of carbonyl (C=O) groups is 2. The highest BCUT2D eigenvalue weighted by Crippen LogP contribution is 2.27. The molecule has 3 atom stereocenters. The molecule has 7 heteroatoms. The van der Waals surface area contributed by atoms with E-state index in [0.29, 0.717) is 28.1 Å². The lowest BCUT2D eigenvalue weighted by atomic mass is 9.97. The highest BCUT2D eigenvalue weighted by atomic mass is 16.3. The maximum absolute atomic E-state index is 12.7. The molecular weight excluding hydrogens is 344 g/mol. The first-order chi connectivity index (χ1) is 13.2. The van der Waals surface area contributed by atoms with E-state index in [1.54, 1.807) is 12.3 Å². The molecule has 0 aromatic carbocycles. The van der Waals surface area contributed by atoms with E-state index in [2.05, 4.69) is 15.2 Å². The Bertz CT molecular complexity index is 874. The minimum atomic E-state index is -0.176. The van der Waals surface area contributed by atoms with Crippen LogP contribution in [0.2, 0.25) is 0 Å². The smallest absolute Gasteiger partial charge is 0.270 e. The Labute approximate surface area is 157 Å². The van der Waals surface area contributed by atoms with Crippen molar-refractivity contribution in [3.05, 3.63) is 29.8 Å². The molecule has 0 spiro atoms. The maximum Gasteiger partial charge on any atom is 0.270 e. The minimum Gasteiger partial charge on any atom is -0.462 e. The van der Waals surface area contributed by atoms with Crippen molar-refractivity contribution >= 4 is 22.8 Å². The van der Waals surface area contributed by atoms with E-state index in [1.807, 2.05) is 4.90 Å². The van der Waals surface area contributed by atoms with Crippen molar-refractivity contribution in [3.63, 3.8) is 0 Å². The number of hydrogen-bond acceptors (Lipinski definition) is 5. The number of likely N-dealkylation sites (tertiary alicyclic amines) is 1. The van der Waals surface area contributed by atoms with Gasteiger partial charge in [-0.25, -0.2) is 4.98 Å². The molecule has 1 N–H and O–H groups in total. The average Bonchev–Trinajstić information content (AvgIpc) is 3.40. The number of amides is 2. The molecule has 2 bridgehead atoms. The van der Waals surface area contributed by atoms with Gasteiger partial charge >= 0.3 is 0 Å². The van der Waals surface area contributed by atoms with Crippen LogP contribution in [-0.2, 0) is 0 Å². The molecule has 3 fully saturated rings. The summed E-state index contributed by atoms with van der Waals surface area (Å²) < 4.78 is 5.50. The van der Waals surface area contributed by atoms with E-state index in [-0.39, 0.29) is 17.9 Å². The van der Waals surface area contributed by atoms with Gasteiger partial charge in [-0.15, -0.1) is 0 Å². The number of hydrogen-bond donors (Lipinski definition) is 1. The molecule has 3 aliphatic heterocycles. The molecule has 7 nitrogen and oxygen atoms in total. The fourth-order valence-electron chi connectivity index (χ4n) is 4.74. The maximum atomic E-state index is 12.7. The van der Waals surface area contributed by atoms with Gasteiger partial charge in [0.2, 0.25) is 0 Å². The van der Waals surface area contributed by atoms with Crippen LogP contribution in [0.4, 0.5) is 0 Å². The molecule has 142 valence electrons. The monoisotopic (exact) mass is 368 g/mol. The third-order valence-corrected chi connectivity index (χ3v) is 6.12. The summed E-state index contributed by atoms with van der Waals surface area (Å²) in [6, 6.07) is 1.86. The number of rotatable bonds is 3. The average molecular weight is 368 g/mol. The van der Waals surface area contributed by atoms with Gasteiger partial charge in [0.1, 0.15) is 12.0 Å². The van der Waals surface area contributed by atoms with E-state index in [1.165, 1.54) is 12.7 Å². The molecule has 27 heavy (non-hydrogen) atoms. The topological polar surface area (TPSA) is 78.7 Å². The quantitative estimate of drug-likeness (QED) is 0.895. The summed E-state index contributed by atoms with van der Waals surface area (Å²) in [5.41, 5.74) is 1.40. The first kappa shape index (κ1) is 16.7. The number of nitrogens with zero attached hydrogens (tertiary/aromatic N) is 3. The van der Waals surface area contributed by atoms with Crippen LogP contribution >= 0.6 is 0 Å². The zero-order valence-electron chi connectivity index (χ0n) is 15.3. The Balaban J connectivity index is 1.36. The first-order valence-corrected chi connectivity index (χ1v) is 9.87. The largest absolute Gasteiger partial charge is 0.462 e. The van der Waals surface area contributed by atoms with Gasteiger partial charge in [-0.05, 0) is 44.2 Å². The predicted octanol–water partition coefficient (Wildman–Crippen LogP) is 1.89. The molecule has 3 saturated heterocycles. The van der Waals surface area contributed by atoms with Crippen molar-refractivity contribution in [2.45, 2.75) is 31.7 Å². The van der Waals surface area contributed by atoms with Crippen LogP contribution in [0.1, 0.15) is 46.5 Å². The highest BCUT2D eigenvalue weighted by Gasteiger charge is 2.33. The number of carbonyl (C=O) groups excluding carboxylic acids is 2. The van der Waals surface area contributed by atoms with Gasteiger partial charge in [0.05, 0.1) is 11.8 Å². The lowest BCUT2D eigenvalue weighted by molar-refractivity contribution is 0.0793. The Morgan fingerprint density at radius 3 is 2.85 bits per heavy atom. The van der Waals surface area contributed by atoms with Gasteiger partial charge in [-0.1, -0.05) is 0 Å². The van der Waals surface area contributed by atoms with E-state index >= 15 is 0 Å². The minimum absolute atomic E-state index is 0.0273. The van der Waals surface area contributed by atoms with E-state index in [4.69, 9.17) is 4.42 Å². The fourth-order valence-corrected chi connectivity index (χ4v) is 4.74. The number of fused-ring (bicyclic) bond motifs is 3. The predicted molar refractivity (Wildman–Crippen MR) is 99.6 cm³/mol. The first-order valence-electron chi connectivity index (χ1n) is 9.87. The fraction of sp³-hybridized carbons (Fsp3) is 0.550. The zero-order valence-corrected chi connectivity index (χ0v) is 15.3. The standard InChI is InChI=1S/C20H24N4O3/c25-19(22-14-7-13-3-6-23(10-13)11-14)17-8-15-16(12-27-18(15)9-21-17)20(26)24-4-1-2-5-24/h8-9,12-14H,1-7,10-11H2,(H,22,25). The number of pyridine rings is 1.